The van der Waals surface area contributed by atoms with E-state index in [-0.39, 0.29) is 0 Å². The van der Waals surface area contributed by atoms with Gasteiger partial charge in [-0.1, -0.05) is 30.4 Å². The molecule has 2 heterocycles. The van der Waals surface area contributed by atoms with Crippen molar-refractivity contribution in [3.8, 4) is 0 Å². The molecule has 0 aromatic carbocycles. The Morgan fingerprint density at radius 2 is 2.35 bits per heavy atom. The Morgan fingerprint density at radius 3 is 3.25 bits per heavy atom. The Labute approximate surface area is 120 Å². The number of aromatic amines is 1. The van der Waals surface area contributed by atoms with Crippen LogP contribution in [-0.4, -0.2) is 25.9 Å². The molecule has 0 bridgehead atoms. The van der Waals surface area contributed by atoms with E-state index in [1.54, 1.807) is 0 Å². The van der Waals surface area contributed by atoms with E-state index >= 15 is 0 Å². The number of hydrogen-bond donors (Lipinski definition) is 1. The number of allylic oxidation sites excluding steroid dienone is 6. The van der Waals surface area contributed by atoms with Gasteiger partial charge in [-0.25, -0.2) is 5.10 Å². The number of thioether (sulfide) groups is 1. The van der Waals surface area contributed by atoms with Crippen molar-refractivity contribution < 1.29 is 4.74 Å². The molecular formula is C14H12N4OS. The predicted molar refractivity (Wildman–Crippen MR) is 77.2 cm³/mol. The van der Waals surface area contributed by atoms with Gasteiger partial charge < -0.3 is 4.74 Å². The molecule has 1 N–H and O–H groups in total. The van der Waals surface area contributed by atoms with Gasteiger partial charge in [0.15, 0.2) is 5.82 Å². The summed E-state index contributed by atoms with van der Waals surface area (Å²) in [7, 11) is 0. The summed E-state index contributed by atoms with van der Waals surface area (Å²) in [6.45, 7) is 0. The van der Waals surface area contributed by atoms with Crippen molar-refractivity contribution in [2.24, 2.45) is 0 Å². The number of rotatable bonds is 1. The number of H-pyrrole nitrogens is 1. The second-order valence-electron chi connectivity index (χ2n) is 4.68. The monoisotopic (exact) mass is 284 g/mol. The Balaban J connectivity index is 1.74. The highest BCUT2D eigenvalue weighted by molar-refractivity contribution is 8.04. The van der Waals surface area contributed by atoms with Gasteiger partial charge in [0.1, 0.15) is 5.76 Å². The van der Waals surface area contributed by atoms with Gasteiger partial charge >= 0.3 is 0 Å². The number of hydrogen-bond acceptors (Lipinski definition) is 5. The van der Waals surface area contributed by atoms with Crippen molar-refractivity contribution in [2.75, 3.05) is 0 Å². The first-order valence-corrected chi connectivity index (χ1v) is 7.36. The minimum absolute atomic E-state index is 0.333. The quantitative estimate of drug-likeness (QED) is 0.859. The van der Waals surface area contributed by atoms with Crippen molar-refractivity contribution in [3.05, 3.63) is 58.7 Å². The van der Waals surface area contributed by atoms with Gasteiger partial charge in [0.05, 0.1) is 17.1 Å². The first kappa shape index (κ1) is 11.7. The Kier molecular flexibility index (Phi) is 2.81. The molecule has 0 saturated carbocycles. The molecule has 1 atom stereocenters. The molecule has 5 nitrogen and oxygen atoms in total. The summed E-state index contributed by atoms with van der Waals surface area (Å²) in [5.41, 5.74) is 2.13. The maximum atomic E-state index is 5.94. The van der Waals surface area contributed by atoms with Gasteiger partial charge in [0, 0.05) is 10.5 Å². The summed E-state index contributed by atoms with van der Waals surface area (Å²) < 4.78 is 5.94. The molecule has 4 rings (SSSR count). The summed E-state index contributed by atoms with van der Waals surface area (Å²) in [5, 5.41) is 14.4. The lowest BCUT2D eigenvalue weighted by Crippen LogP contribution is -2.04. The molecule has 0 radical (unpaired) electrons. The third kappa shape index (κ3) is 1.92. The van der Waals surface area contributed by atoms with Crippen LogP contribution in [0.5, 0.6) is 0 Å². The predicted octanol–water partition coefficient (Wildman–Crippen LogP) is 2.73. The van der Waals surface area contributed by atoms with Crippen molar-refractivity contribution in [2.45, 2.75) is 18.1 Å². The SMILES string of the molecule is C1=CC2=COC3=C(CCC=C3c3nnn[nH]3)SC2C=C1. The van der Waals surface area contributed by atoms with E-state index in [1.807, 2.05) is 24.1 Å². The van der Waals surface area contributed by atoms with E-state index < -0.39 is 0 Å². The zero-order chi connectivity index (χ0) is 13.4. The van der Waals surface area contributed by atoms with Crippen LogP contribution in [0.1, 0.15) is 18.7 Å². The van der Waals surface area contributed by atoms with Crippen molar-refractivity contribution in [1.82, 2.24) is 20.6 Å². The van der Waals surface area contributed by atoms with Crippen LogP contribution in [0.2, 0.25) is 0 Å². The number of aromatic nitrogens is 4. The molecule has 1 aliphatic heterocycles. The zero-order valence-corrected chi connectivity index (χ0v) is 11.4. The first-order chi connectivity index (χ1) is 9.92. The molecule has 0 fully saturated rings. The van der Waals surface area contributed by atoms with Gasteiger partial charge in [-0.3, -0.25) is 0 Å². The average Bonchev–Trinajstić information content (AvgIpc) is 2.94. The molecular weight excluding hydrogens is 272 g/mol. The lowest BCUT2D eigenvalue weighted by Gasteiger charge is -2.19. The van der Waals surface area contributed by atoms with Crippen LogP contribution < -0.4 is 0 Å². The fourth-order valence-electron chi connectivity index (χ4n) is 2.45. The molecule has 0 amide bonds. The molecule has 0 saturated heterocycles. The van der Waals surface area contributed by atoms with Crippen LogP contribution >= 0.6 is 11.8 Å². The molecule has 100 valence electrons. The van der Waals surface area contributed by atoms with Crippen LogP contribution in [0.15, 0.2) is 52.9 Å². The van der Waals surface area contributed by atoms with E-state index in [0.717, 1.165) is 24.2 Å². The summed E-state index contributed by atoms with van der Waals surface area (Å²) >= 11 is 1.85. The van der Waals surface area contributed by atoms with Crippen LogP contribution in [0.3, 0.4) is 0 Å². The number of tetrazole rings is 1. The second-order valence-corrected chi connectivity index (χ2v) is 5.91. The normalized spacial score (nSPS) is 24.3. The first-order valence-electron chi connectivity index (χ1n) is 6.48. The molecule has 0 spiro atoms. The second kappa shape index (κ2) is 4.79. The highest BCUT2D eigenvalue weighted by Gasteiger charge is 2.27. The third-order valence-corrected chi connectivity index (χ3v) is 4.77. The van der Waals surface area contributed by atoms with Crippen molar-refractivity contribution >= 4 is 17.3 Å². The lowest BCUT2D eigenvalue weighted by atomic mass is 10.0. The van der Waals surface area contributed by atoms with E-state index in [2.05, 4.69) is 44.9 Å². The smallest absolute Gasteiger partial charge is 0.182 e. The van der Waals surface area contributed by atoms with Crippen LogP contribution in [0.4, 0.5) is 0 Å². The number of nitrogens with zero attached hydrogens (tertiary/aromatic N) is 3. The summed E-state index contributed by atoms with van der Waals surface area (Å²) in [4.78, 5) is 1.26. The third-order valence-electron chi connectivity index (χ3n) is 3.41. The van der Waals surface area contributed by atoms with Gasteiger partial charge in [-0.2, -0.15) is 0 Å². The lowest BCUT2D eigenvalue weighted by molar-refractivity contribution is 0.364. The van der Waals surface area contributed by atoms with E-state index in [9.17, 15) is 0 Å². The van der Waals surface area contributed by atoms with Crippen LogP contribution in [0.25, 0.3) is 5.57 Å². The maximum absolute atomic E-state index is 5.94. The van der Waals surface area contributed by atoms with Crippen molar-refractivity contribution in [3.63, 3.8) is 0 Å². The Hall–Kier alpha value is -2.08. The molecule has 20 heavy (non-hydrogen) atoms. The van der Waals surface area contributed by atoms with Gasteiger partial charge in [-0.15, -0.1) is 16.9 Å². The van der Waals surface area contributed by atoms with Crippen LogP contribution in [-0.2, 0) is 4.74 Å². The van der Waals surface area contributed by atoms with Gasteiger partial charge in [0.25, 0.3) is 0 Å². The van der Waals surface area contributed by atoms with Gasteiger partial charge in [0.2, 0.25) is 0 Å². The number of nitrogens with one attached hydrogen (secondary N) is 1. The molecule has 1 aromatic rings. The molecule has 6 heteroatoms. The maximum Gasteiger partial charge on any atom is 0.182 e. The number of fused-ring (bicyclic) bond motifs is 1. The average molecular weight is 284 g/mol. The summed E-state index contributed by atoms with van der Waals surface area (Å²) in [6.07, 6.45) is 14.4. The minimum Gasteiger partial charge on any atom is -0.463 e. The highest BCUT2D eigenvalue weighted by atomic mass is 32.2. The van der Waals surface area contributed by atoms with E-state index in [0.29, 0.717) is 11.1 Å². The molecule has 1 aromatic heterocycles. The zero-order valence-electron chi connectivity index (χ0n) is 10.6. The van der Waals surface area contributed by atoms with Crippen molar-refractivity contribution in [1.29, 1.82) is 0 Å². The minimum atomic E-state index is 0.333. The Morgan fingerprint density at radius 1 is 1.35 bits per heavy atom. The van der Waals surface area contributed by atoms with Gasteiger partial charge in [-0.05, 0) is 23.3 Å². The summed E-state index contributed by atoms with van der Waals surface area (Å²) in [5.74, 6) is 1.54. The fraction of sp³-hybridized carbons (Fsp3) is 0.214. The highest BCUT2D eigenvalue weighted by Crippen LogP contribution is 2.43. The fourth-order valence-corrected chi connectivity index (χ4v) is 3.70. The van der Waals surface area contributed by atoms with E-state index in [4.69, 9.17) is 4.74 Å². The number of ether oxygens (including phenoxy) is 1. The largest absolute Gasteiger partial charge is 0.463 e. The van der Waals surface area contributed by atoms with Crippen LogP contribution in [0, 0.1) is 0 Å². The topological polar surface area (TPSA) is 63.7 Å². The molecule has 2 aliphatic carbocycles. The molecule has 1 unspecified atom stereocenters. The Bertz CT molecular complexity index is 682. The standard InChI is InChI=1S/C14H12N4OS/c1-2-6-11-9(4-1)8-19-13-10(14-15-17-18-16-14)5-3-7-12(13)20-11/h1-2,4-6,8,11H,3,7H2,(H,15,16,17,18). The van der Waals surface area contributed by atoms with E-state index in [1.165, 1.54) is 10.5 Å². The molecule has 3 aliphatic rings. The summed E-state index contributed by atoms with van der Waals surface area (Å²) in [6, 6.07) is 0.